The number of rotatable bonds is 3. The fourth-order valence-corrected chi connectivity index (χ4v) is 2.69. The average molecular weight is 296 g/mol. The molecule has 3 aromatic rings. The van der Waals surface area contributed by atoms with Gasteiger partial charge in [-0.15, -0.1) is 10.2 Å². The van der Waals surface area contributed by atoms with Gasteiger partial charge in [0.05, 0.1) is 0 Å². The van der Waals surface area contributed by atoms with Crippen LogP contribution in [0.2, 0.25) is 0 Å². The second-order valence-electron chi connectivity index (χ2n) is 5.17. The summed E-state index contributed by atoms with van der Waals surface area (Å²) >= 11 is 0. The van der Waals surface area contributed by atoms with Crippen molar-refractivity contribution in [2.45, 2.75) is 19.5 Å². The first-order valence-corrected chi connectivity index (χ1v) is 7.30. The third-order valence-corrected chi connectivity index (χ3v) is 3.80. The van der Waals surface area contributed by atoms with Crippen LogP contribution in [0.1, 0.15) is 11.6 Å². The predicted octanol–water partition coefficient (Wildman–Crippen LogP) is 0.376. The Morgan fingerprint density at radius 1 is 0.955 bits per heavy atom. The van der Waals surface area contributed by atoms with Crippen LogP contribution in [-0.2, 0) is 19.5 Å². The first kappa shape index (κ1) is 12.9. The molecule has 0 fully saturated rings. The Morgan fingerprint density at radius 3 is 2.68 bits per heavy atom. The lowest BCUT2D eigenvalue weighted by molar-refractivity contribution is 0.587. The third-order valence-electron chi connectivity index (χ3n) is 3.80. The second kappa shape index (κ2) is 5.55. The van der Waals surface area contributed by atoms with Gasteiger partial charge in [0.15, 0.2) is 5.82 Å². The van der Waals surface area contributed by atoms with Crippen LogP contribution in [-0.4, -0.2) is 47.6 Å². The maximum atomic E-state index is 4.33. The minimum absolute atomic E-state index is 0.641. The normalized spacial score (nSPS) is 14.6. The van der Waals surface area contributed by atoms with E-state index in [4.69, 9.17) is 0 Å². The summed E-state index contributed by atoms with van der Waals surface area (Å²) in [4.78, 5) is 10.8. The topological polar surface area (TPSA) is 77.5 Å². The van der Waals surface area contributed by atoms with Gasteiger partial charge in [-0.05, 0) is 12.1 Å². The number of hydrogen-bond acceptors (Lipinski definition) is 6. The van der Waals surface area contributed by atoms with Crippen LogP contribution < -0.4 is 4.90 Å². The summed E-state index contributed by atoms with van der Waals surface area (Å²) in [6.07, 6.45) is 8.09. The molecule has 0 spiro atoms. The maximum Gasteiger partial charge on any atom is 0.225 e. The third kappa shape index (κ3) is 2.43. The van der Waals surface area contributed by atoms with Crippen molar-refractivity contribution in [1.29, 1.82) is 0 Å². The highest BCUT2D eigenvalue weighted by molar-refractivity contribution is 5.29. The zero-order valence-corrected chi connectivity index (χ0v) is 12.1. The van der Waals surface area contributed by atoms with E-state index < -0.39 is 0 Å². The highest BCUT2D eigenvalue weighted by Gasteiger charge is 2.20. The zero-order valence-electron chi connectivity index (χ0n) is 12.1. The van der Waals surface area contributed by atoms with Crippen LogP contribution in [0.3, 0.4) is 0 Å². The molecule has 3 aromatic heterocycles. The molecule has 8 heteroatoms. The molecular weight excluding hydrogens is 280 g/mol. The number of fused-ring (bicyclic) bond motifs is 1. The van der Waals surface area contributed by atoms with Crippen LogP contribution in [0.15, 0.2) is 36.9 Å². The smallest absolute Gasteiger partial charge is 0.225 e. The number of hydrogen-bond donors (Lipinski definition) is 0. The molecule has 8 nitrogen and oxygen atoms in total. The van der Waals surface area contributed by atoms with Gasteiger partial charge in [0.25, 0.3) is 0 Å². The van der Waals surface area contributed by atoms with Crippen LogP contribution >= 0.6 is 0 Å². The molecule has 0 unspecified atom stereocenters. The molecule has 1 aliphatic heterocycles. The Balaban J connectivity index is 1.54. The molecule has 0 amide bonds. The van der Waals surface area contributed by atoms with Gasteiger partial charge in [0.1, 0.15) is 12.4 Å². The first-order valence-electron chi connectivity index (χ1n) is 7.30. The van der Waals surface area contributed by atoms with E-state index in [1.807, 2.05) is 23.0 Å². The first-order chi connectivity index (χ1) is 10.9. The van der Waals surface area contributed by atoms with Gasteiger partial charge in [0, 0.05) is 50.8 Å². The Morgan fingerprint density at radius 2 is 1.86 bits per heavy atom. The molecule has 4 heterocycles. The fourth-order valence-electron chi connectivity index (χ4n) is 2.69. The second-order valence-corrected chi connectivity index (χ2v) is 5.17. The van der Waals surface area contributed by atoms with Gasteiger partial charge in [-0.3, -0.25) is 4.68 Å². The van der Waals surface area contributed by atoms with E-state index in [0.29, 0.717) is 6.54 Å². The number of nitrogens with zero attached hydrogens (tertiary/aromatic N) is 8. The molecular formula is C14H16N8. The SMILES string of the molecule is c1cnc(N2CCc3nnc(Cn4cccn4)n3CC2)nc1. The van der Waals surface area contributed by atoms with Crippen LogP contribution in [0.5, 0.6) is 0 Å². The summed E-state index contributed by atoms with van der Waals surface area (Å²) in [5, 5.41) is 12.9. The van der Waals surface area contributed by atoms with E-state index in [1.54, 1.807) is 18.6 Å². The van der Waals surface area contributed by atoms with Crippen LogP contribution in [0, 0.1) is 0 Å². The molecule has 0 atom stereocenters. The van der Waals surface area contributed by atoms with Crippen molar-refractivity contribution >= 4 is 5.95 Å². The van der Waals surface area contributed by atoms with Crippen molar-refractivity contribution in [3.63, 3.8) is 0 Å². The maximum absolute atomic E-state index is 4.33. The summed E-state index contributed by atoms with van der Waals surface area (Å²) in [6, 6.07) is 3.74. The van der Waals surface area contributed by atoms with Crippen molar-refractivity contribution in [1.82, 2.24) is 34.5 Å². The highest BCUT2D eigenvalue weighted by Crippen LogP contribution is 2.14. The quantitative estimate of drug-likeness (QED) is 0.695. The molecule has 0 saturated carbocycles. The van der Waals surface area contributed by atoms with Crippen molar-refractivity contribution in [3.05, 3.63) is 48.6 Å². The molecule has 0 aliphatic carbocycles. The Kier molecular flexibility index (Phi) is 3.26. The highest BCUT2D eigenvalue weighted by atomic mass is 15.4. The van der Waals surface area contributed by atoms with Gasteiger partial charge in [0.2, 0.25) is 5.95 Å². The van der Waals surface area contributed by atoms with Gasteiger partial charge in [-0.2, -0.15) is 5.10 Å². The van der Waals surface area contributed by atoms with Gasteiger partial charge in [-0.1, -0.05) is 0 Å². The van der Waals surface area contributed by atoms with Gasteiger partial charge in [-0.25, -0.2) is 9.97 Å². The van der Waals surface area contributed by atoms with E-state index in [-0.39, 0.29) is 0 Å². The Hall–Kier alpha value is -2.77. The van der Waals surface area contributed by atoms with Gasteiger partial charge < -0.3 is 9.47 Å². The molecule has 0 bridgehead atoms. The number of aromatic nitrogens is 7. The Bertz CT molecular complexity index is 734. The van der Waals surface area contributed by atoms with Crippen molar-refractivity contribution in [2.24, 2.45) is 0 Å². The molecule has 0 N–H and O–H groups in total. The summed E-state index contributed by atoms with van der Waals surface area (Å²) in [6.45, 7) is 3.17. The van der Waals surface area contributed by atoms with E-state index in [2.05, 4.69) is 34.7 Å². The van der Waals surface area contributed by atoms with Crippen molar-refractivity contribution in [2.75, 3.05) is 18.0 Å². The molecule has 1 aliphatic rings. The minimum Gasteiger partial charge on any atom is -0.339 e. The minimum atomic E-state index is 0.641. The largest absolute Gasteiger partial charge is 0.339 e. The fraction of sp³-hybridized carbons (Fsp3) is 0.357. The van der Waals surface area contributed by atoms with Crippen molar-refractivity contribution in [3.8, 4) is 0 Å². The van der Waals surface area contributed by atoms with Crippen molar-refractivity contribution < 1.29 is 0 Å². The van der Waals surface area contributed by atoms with E-state index >= 15 is 0 Å². The van der Waals surface area contributed by atoms with Crippen LogP contribution in [0.25, 0.3) is 0 Å². The number of anilines is 1. The summed E-state index contributed by atoms with van der Waals surface area (Å²) in [5.41, 5.74) is 0. The van der Waals surface area contributed by atoms with Crippen LogP contribution in [0.4, 0.5) is 5.95 Å². The van der Waals surface area contributed by atoms with E-state index in [1.165, 1.54) is 0 Å². The standard InChI is InChI=1S/C14H16N8/c1-4-15-14(16-5-1)20-8-3-12-18-19-13(22(12)10-9-20)11-21-7-2-6-17-21/h1-2,4-7H,3,8-11H2. The lowest BCUT2D eigenvalue weighted by Gasteiger charge is -2.19. The molecule has 0 saturated heterocycles. The van der Waals surface area contributed by atoms with E-state index in [9.17, 15) is 0 Å². The molecule has 22 heavy (non-hydrogen) atoms. The molecule has 0 aromatic carbocycles. The Labute approximate surface area is 127 Å². The van der Waals surface area contributed by atoms with E-state index in [0.717, 1.165) is 43.7 Å². The average Bonchev–Trinajstić information content (AvgIpc) is 3.15. The molecule has 0 radical (unpaired) electrons. The monoisotopic (exact) mass is 296 g/mol. The summed E-state index contributed by atoms with van der Waals surface area (Å²) in [7, 11) is 0. The summed E-state index contributed by atoms with van der Waals surface area (Å²) < 4.78 is 4.05. The van der Waals surface area contributed by atoms with Gasteiger partial charge >= 0.3 is 0 Å². The molecule has 4 rings (SSSR count). The predicted molar refractivity (Wildman–Crippen MR) is 79.3 cm³/mol. The lowest BCUT2D eigenvalue weighted by atomic mass is 10.4. The summed E-state index contributed by atoms with van der Waals surface area (Å²) in [5.74, 6) is 2.73. The zero-order chi connectivity index (χ0) is 14.8. The lowest BCUT2D eigenvalue weighted by Crippen LogP contribution is -2.28. The molecule has 112 valence electrons.